The molecular formula is C5H6NOS. The molecule has 1 heterocycles. The summed E-state index contributed by atoms with van der Waals surface area (Å²) in [5.74, 6) is 0. The summed E-state index contributed by atoms with van der Waals surface area (Å²) in [4.78, 5) is 3.84. The summed E-state index contributed by atoms with van der Waals surface area (Å²) in [5.41, 5.74) is 0. The van der Waals surface area contributed by atoms with Crippen molar-refractivity contribution >= 4 is 11.3 Å². The van der Waals surface area contributed by atoms with Crippen LogP contribution in [-0.2, 0) is 6.42 Å². The smallest absolute Gasteiger partial charge is 0.101 e. The van der Waals surface area contributed by atoms with Gasteiger partial charge in [-0.1, -0.05) is 0 Å². The van der Waals surface area contributed by atoms with E-state index >= 15 is 0 Å². The molecule has 1 aromatic rings. The zero-order valence-corrected chi connectivity index (χ0v) is 5.11. The predicted octanol–water partition coefficient (Wildman–Crippen LogP) is 0.478. The standard InChI is InChI=1S/C5H6NOS/c7-3-1-5-6-2-4-8-5/h4,7H,1,3H2. The summed E-state index contributed by atoms with van der Waals surface area (Å²) in [6, 6.07) is 0. The van der Waals surface area contributed by atoms with E-state index in [1.807, 2.05) is 0 Å². The second kappa shape index (κ2) is 2.79. The van der Waals surface area contributed by atoms with Gasteiger partial charge in [-0.15, -0.1) is 11.3 Å². The van der Waals surface area contributed by atoms with Crippen LogP contribution < -0.4 is 0 Å². The van der Waals surface area contributed by atoms with E-state index in [2.05, 4.69) is 11.2 Å². The highest BCUT2D eigenvalue weighted by atomic mass is 32.1. The average molecular weight is 128 g/mol. The number of hydrogen-bond donors (Lipinski definition) is 1. The first kappa shape index (κ1) is 5.72. The second-order valence-electron chi connectivity index (χ2n) is 1.34. The van der Waals surface area contributed by atoms with Gasteiger partial charge in [-0.2, -0.15) is 0 Å². The van der Waals surface area contributed by atoms with Crippen molar-refractivity contribution in [3.63, 3.8) is 0 Å². The van der Waals surface area contributed by atoms with Crippen LogP contribution in [0.2, 0.25) is 0 Å². The maximum absolute atomic E-state index is 8.39. The molecule has 8 heavy (non-hydrogen) atoms. The Kier molecular flexibility index (Phi) is 2.00. The molecule has 0 atom stereocenters. The monoisotopic (exact) mass is 128 g/mol. The van der Waals surface area contributed by atoms with Crippen LogP contribution in [0.25, 0.3) is 0 Å². The minimum absolute atomic E-state index is 0.182. The largest absolute Gasteiger partial charge is 0.396 e. The van der Waals surface area contributed by atoms with Crippen molar-refractivity contribution in [2.24, 2.45) is 0 Å². The molecule has 0 saturated heterocycles. The lowest BCUT2D eigenvalue weighted by molar-refractivity contribution is 0.299. The molecule has 1 radical (unpaired) electrons. The quantitative estimate of drug-likeness (QED) is 0.628. The minimum Gasteiger partial charge on any atom is -0.396 e. The van der Waals surface area contributed by atoms with E-state index in [0.717, 1.165) is 5.01 Å². The van der Waals surface area contributed by atoms with E-state index < -0.39 is 0 Å². The van der Waals surface area contributed by atoms with Crippen molar-refractivity contribution in [2.75, 3.05) is 6.61 Å². The number of aliphatic hydroxyl groups is 1. The molecule has 0 aliphatic heterocycles. The topological polar surface area (TPSA) is 33.1 Å². The number of aromatic nitrogens is 1. The number of nitrogens with zero attached hydrogens (tertiary/aromatic N) is 1. The lowest BCUT2D eigenvalue weighted by Crippen LogP contribution is -1.87. The Morgan fingerprint density at radius 3 is 3.25 bits per heavy atom. The molecule has 0 saturated carbocycles. The molecule has 0 amide bonds. The van der Waals surface area contributed by atoms with Gasteiger partial charge in [-0.25, -0.2) is 4.98 Å². The highest BCUT2D eigenvalue weighted by Gasteiger charge is 1.90. The van der Waals surface area contributed by atoms with Gasteiger partial charge < -0.3 is 5.11 Å². The summed E-state index contributed by atoms with van der Waals surface area (Å²) in [6.45, 7) is 0.182. The van der Waals surface area contributed by atoms with Gasteiger partial charge in [0.15, 0.2) is 0 Å². The van der Waals surface area contributed by atoms with Crippen LogP contribution in [0.15, 0.2) is 5.38 Å². The molecule has 0 bridgehead atoms. The van der Waals surface area contributed by atoms with Gasteiger partial charge in [-0.05, 0) is 0 Å². The van der Waals surface area contributed by atoms with Crippen LogP contribution in [0.1, 0.15) is 5.01 Å². The molecule has 1 aromatic heterocycles. The Morgan fingerprint density at radius 2 is 2.75 bits per heavy atom. The molecule has 3 heteroatoms. The highest BCUT2D eigenvalue weighted by Crippen LogP contribution is 2.02. The van der Waals surface area contributed by atoms with E-state index in [9.17, 15) is 0 Å². The fourth-order valence-corrected chi connectivity index (χ4v) is 0.986. The normalized spacial score (nSPS) is 9.62. The van der Waals surface area contributed by atoms with Gasteiger partial charge in [0.1, 0.15) is 6.20 Å². The minimum atomic E-state index is 0.182. The van der Waals surface area contributed by atoms with Crippen LogP contribution in [-0.4, -0.2) is 16.7 Å². The van der Waals surface area contributed by atoms with Crippen molar-refractivity contribution in [3.8, 4) is 0 Å². The summed E-state index contributed by atoms with van der Waals surface area (Å²) in [6.07, 6.45) is 3.33. The van der Waals surface area contributed by atoms with Crippen LogP contribution in [0.3, 0.4) is 0 Å². The van der Waals surface area contributed by atoms with Gasteiger partial charge in [0.25, 0.3) is 0 Å². The van der Waals surface area contributed by atoms with Gasteiger partial charge in [0.2, 0.25) is 0 Å². The molecule has 0 aliphatic rings. The Bertz CT molecular complexity index is 138. The first-order valence-corrected chi connectivity index (χ1v) is 3.23. The van der Waals surface area contributed by atoms with Crippen LogP contribution in [0, 0.1) is 6.20 Å². The SMILES string of the molecule is OCCc1n[c]cs1. The number of rotatable bonds is 2. The average Bonchev–Trinajstić information content (AvgIpc) is 2.19. The summed E-state index contributed by atoms with van der Waals surface area (Å²) in [7, 11) is 0. The van der Waals surface area contributed by atoms with Crippen molar-refractivity contribution in [1.29, 1.82) is 0 Å². The second-order valence-corrected chi connectivity index (χ2v) is 2.29. The third kappa shape index (κ3) is 1.28. The predicted molar refractivity (Wildman–Crippen MR) is 31.7 cm³/mol. The molecular weight excluding hydrogens is 122 g/mol. The van der Waals surface area contributed by atoms with Gasteiger partial charge >= 0.3 is 0 Å². The maximum Gasteiger partial charge on any atom is 0.101 e. The first-order chi connectivity index (χ1) is 3.93. The number of aliphatic hydroxyl groups excluding tert-OH is 1. The van der Waals surface area contributed by atoms with E-state index in [4.69, 9.17) is 5.11 Å². The number of hydrogen-bond acceptors (Lipinski definition) is 3. The maximum atomic E-state index is 8.39. The highest BCUT2D eigenvalue weighted by molar-refractivity contribution is 7.09. The zero-order valence-electron chi connectivity index (χ0n) is 4.29. The van der Waals surface area contributed by atoms with Crippen LogP contribution >= 0.6 is 11.3 Å². The van der Waals surface area contributed by atoms with Crippen molar-refractivity contribution < 1.29 is 5.11 Å². The fraction of sp³-hybridized carbons (Fsp3) is 0.400. The van der Waals surface area contributed by atoms with E-state index in [-0.39, 0.29) is 6.61 Å². The third-order valence-corrected chi connectivity index (χ3v) is 1.55. The molecule has 2 nitrogen and oxygen atoms in total. The Labute approximate surface area is 51.8 Å². The van der Waals surface area contributed by atoms with E-state index in [1.54, 1.807) is 5.38 Å². The van der Waals surface area contributed by atoms with Gasteiger partial charge in [0, 0.05) is 18.4 Å². The number of thiazole rings is 1. The summed E-state index contributed by atoms with van der Waals surface area (Å²) in [5, 5.41) is 11.1. The van der Waals surface area contributed by atoms with Crippen molar-refractivity contribution in [2.45, 2.75) is 6.42 Å². The molecule has 0 unspecified atom stereocenters. The Balaban J connectivity index is 2.50. The summed E-state index contributed by atoms with van der Waals surface area (Å²) < 4.78 is 0. The van der Waals surface area contributed by atoms with Crippen LogP contribution in [0.4, 0.5) is 0 Å². The van der Waals surface area contributed by atoms with E-state index in [0.29, 0.717) is 6.42 Å². The van der Waals surface area contributed by atoms with Gasteiger partial charge in [-0.3, -0.25) is 0 Å². The van der Waals surface area contributed by atoms with Gasteiger partial charge in [0.05, 0.1) is 5.01 Å². The van der Waals surface area contributed by atoms with Crippen molar-refractivity contribution in [3.05, 3.63) is 16.6 Å². The zero-order chi connectivity index (χ0) is 5.82. The molecule has 0 aliphatic carbocycles. The first-order valence-electron chi connectivity index (χ1n) is 2.35. The molecule has 0 aromatic carbocycles. The molecule has 1 N–H and O–H groups in total. The van der Waals surface area contributed by atoms with E-state index in [1.165, 1.54) is 11.3 Å². The lowest BCUT2D eigenvalue weighted by Gasteiger charge is -1.83. The molecule has 1 rings (SSSR count). The Morgan fingerprint density at radius 1 is 1.88 bits per heavy atom. The van der Waals surface area contributed by atoms with Crippen molar-refractivity contribution in [1.82, 2.24) is 4.98 Å². The molecule has 0 spiro atoms. The lowest BCUT2D eigenvalue weighted by atomic mass is 10.5. The molecule has 0 fully saturated rings. The Hall–Kier alpha value is -0.410. The third-order valence-electron chi connectivity index (χ3n) is 0.763. The fourth-order valence-electron chi connectivity index (χ4n) is 0.430. The summed E-state index contributed by atoms with van der Waals surface area (Å²) >= 11 is 1.52. The molecule has 43 valence electrons. The van der Waals surface area contributed by atoms with Crippen LogP contribution in [0.5, 0.6) is 0 Å².